The quantitative estimate of drug-likeness (QED) is 0.807. The minimum atomic E-state index is -0.912. The van der Waals surface area contributed by atoms with Crippen molar-refractivity contribution in [1.82, 2.24) is 0 Å². The van der Waals surface area contributed by atoms with Crippen LogP contribution in [0, 0.1) is 0 Å². The Hall–Kier alpha value is -1.06. The Morgan fingerprint density at radius 3 is 2.43 bits per heavy atom. The molecule has 0 saturated heterocycles. The Bertz CT molecular complexity index is 332. The highest BCUT2D eigenvalue weighted by molar-refractivity contribution is 6.30. The number of carbonyl (C=O) groups is 1. The number of carboxylic acids is 1. The standard InChI is InChI=1S/C10H12ClNO2/c1-10(12,6-9(13)14)7-2-4-8(11)5-3-7/h2-5H,6,12H2,1H3,(H,13,14)/t10-/m0/s1. The van der Waals surface area contributed by atoms with Crippen molar-refractivity contribution in [2.75, 3.05) is 0 Å². The zero-order chi connectivity index (χ0) is 10.8. The SMILES string of the molecule is C[C@](N)(CC(=O)O)c1ccc(Cl)cc1. The van der Waals surface area contributed by atoms with Crippen LogP contribution in [-0.2, 0) is 10.3 Å². The maximum absolute atomic E-state index is 10.5. The van der Waals surface area contributed by atoms with Crippen LogP contribution in [0.1, 0.15) is 18.9 Å². The lowest BCUT2D eigenvalue weighted by Crippen LogP contribution is -2.35. The second kappa shape index (κ2) is 3.98. The molecule has 0 amide bonds. The molecule has 1 atom stereocenters. The summed E-state index contributed by atoms with van der Waals surface area (Å²) < 4.78 is 0. The summed E-state index contributed by atoms with van der Waals surface area (Å²) in [5.41, 5.74) is 5.78. The molecule has 0 bridgehead atoms. The predicted octanol–water partition coefficient (Wildman–Crippen LogP) is 1.99. The molecule has 3 nitrogen and oxygen atoms in total. The van der Waals surface area contributed by atoms with Crippen molar-refractivity contribution in [3.05, 3.63) is 34.9 Å². The molecule has 0 saturated carbocycles. The first-order valence-corrected chi connectivity index (χ1v) is 4.56. The Morgan fingerprint density at radius 2 is 2.00 bits per heavy atom. The average Bonchev–Trinajstić information content (AvgIpc) is 2.02. The van der Waals surface area contributed by atoms with E-state index in [1.165, 1.54) is 0 Å². The van der Waals surface area contributed by atoms with Crippen LogP contribution in [0.4, 0.5) is 0 Å². The number of benzene rings is 1. The molecule has 14 heavy (non-hydrogen) atoms. The van der Waals surface area contributed by atoms with Gasteiger partial charge in [-0.2, -0.15) is 0 Å². The van der Waals surface area contributed by atoms with E-state index >= 15 is 0 Å². The Balaban J connectivity index is 2.91. The number of halogens is 1. The fraction of sp³-hybridized carbons (Fsp3) is 0.300. The third-order valence-corrected chi connectivity index (χ3v) is 2.27. The number of nitrogens with two attached hydrogens (primary N) is 1. The van der Waals surface area contributed by atoms with Gasteiger partial charge in [-0.1, -0.05) is 23.7 Å². The molecule has 1 aromatic carbocycles. The van der Waals surface area contributed by atoms with E-state index in [4.69, 9.17) is 22.4 Å². The molecule has 1 aromatic rings. The van der Waals surface area contributed by atoms with Crippen molar-refractivity contribution < 1.29 is 9.90 Å². The maximum Gasteiger partial charge on any atom is 0.305 e. The summed E-state index contributed by atoms with van der Waals surface area (Å²) in [6.07, 6.45) is -0.103. The van der Waals surface area contributed by atoms with E-state index in [0.717, 1.165) is 5.56 Å². The lowest BCUT2D eigenvalue weighted by atomic mass is 9.90. The summed E-state index contributed by atoms with van der Waals surface area (Å²) in [4.78, 5) is 10.5. The van der Waals surface area contributed by atoms with Gasteiger partial charge in [0.15, 0.2) is 0 Å². The lowest BCUT2D eigenvalue weighted by Gasteiger charge is -2.22. The Morgan fingerprint density at radius 1 is 1.50 bits per heavy atom. The average molecular weight is 214 g/mol. The zero-order valence-electron chi connectivity index (χ0n) is 7.83. The molecule has 0 heterocycles. The second-order valence-electron chi connectivity index (χ2n) is 3.49. The fourth-order valence-corrected chi connectivity index (χ4v) is 1.37. The van der Waals surface area contributed by atoms with Crippen LogP contribution in [0.2, 0.25) is 5.02 Å². The van der Waals surface area contributed by atoms with E-state index in [1.807, 2.05) is 0 Å². The number of hydrogen-bond acceptors (Lipinski definition) is 2. The Labute approximate surface area is 87.5 Å². The molecule has 0 radical (unpaired) electrons. The maximum atomic E-state index is 10.5. The number of rotatable bonds is 3. The van der Waals surface area contributed by atoms with Crippen LogP contribution in [0.15, 0.2) is 24.3 Å². The smallest absolute Gasteiger partial charge is 0.305 e. The molecule has 76 valence electrons. The van der Waals surface area contributed by atoms with Crippen molar-refractivity contribution in [3.63, 3.8) is 0 Å². The number of hydrogen-bond donors (Lipinski definition) is 2. The van der Waals surface area contributed by atoms with E-state index in [9.17, 15) is 4.79 Å². The van der Waals surface area contributed by atoms with E-state index in [-0.39, 0.29) is 6.42 Å². The minimum absolute atomic E-state index is 0.103. The van der Waals surface area contributed by atoms with Gasteiger partial charge in [0.05, 0.1) is 6.42 Å². The van der Waals surface area contributed by atoms with Gasteiger partial charge in [0.2, 0.25) is 0 Å². The van der Waals surface area contributed by atoms with Gasteiger partial charge < -0.3 is 10.8 Å². The summed E-state index contributed by atoms with van der Waals surface area (Å²) in [5, 5.41) is 9.27. The van der Waals surface area contributed by atoms with Crippen LogP contribution in [0.25, 0.3) is 0 Å². The van der Waals surface area contributed by atoms with Crippen molar-refractivity contribution >= 4 is 17.6 Å². The summed E-state index contributed by atoms with van der Waals surface area (Å²) in [6, 6.07) is 6.88. The number of carboxylic acid groups (broad SMARTS) is 1. The molecule has 0 spiro atoms. The largest absolute Gasteiger partial charge is 0.481 e. The van der Waals surface area contributed by atoms with E-state index in [0.29, 0.717) is 5.02 Å². The fourth-order valence-electron chi connectivity index (χ4n) is 1.25. The van der Waals surface area contributed by atoms with Crippen molar-refractivity contribution in [2.45, 2.75) is 18.9 Å². The van der Waals surface area contributed by atoms with Crippen molar-refractivity contribution in [2.24, 2.45) is 5.73 Å². The van der Waals surface area contributed by atoms with Crippen LogP contribution in [0.3, 0.4) is 0 Å². The zero-order valence-corrected chi connectivity index (χ0v) is 8.58. The van der Waals surface area contributed by atoms with Crippen molar-refractivity contribution in [1.29, 1.82) is 0 Å². The van der Waals surface area contributed by atoms with Crippen LogP contribution >= 0.6 is 11.6 Å². The first kappa shape index (κ1) is 11.0. The van der Waals surface area contributed by atoms with E-state index < -0.39 is 11.5 Å². The molecule has 0 aliphatic carbocycles. The summed E-state index contributed by atoms with van der Waals surface area (Å²) in [6.45, 7) is 1.68. The van der Waals surface area contributed by atoms with Gasteiger partial charge in [-0.15, -0.1) is 0 Å². The highest BCUT2D eigenvalue weighted by Gasteiger charge is 2.24. The molecule has 1 rings (SSSR count). The summed E-state index contributed by atoms with van der Waals surface area (Å²) >= 11 is 5.71. The molecular formula is C10H12ClNO2. The highest BCUT2D eigenvalue weighted by atomic mass is 35.5. The van der Waals surface area contributed by atoms with Crippen LogP contribution in [0.5, 0.6) is 0 Å². The molecule has 0 aliphatic heterocycles. The Kier molecular flexibility index (Phi) is 3.13. The minimum Gasteiger partial charge on any atom is -0.481 e. The van der Waals surface area contributed by atoms with Gasteiger partial charge in [0.25, 0.3) is 0 Å². The predicted molar refractivity (Wildman–Crippen MR) is 55.2 cm³/mol. The highest BCUT2D eigenvalue weighted by Crippen LogP contribution is 2.22. The van der Waals surface area contributed by atoms with E-state index in [1.54, 1.807) is 31.2 Å². The first-order valence-electron chi connectivity index (χ1n) is 4.18. The molecular weight excluding hydrogens is 202 g/mol. The first-order chi connectivity index (χ1) is 6.42. The van der Waals surface area contributed by atoms with Crippen LogP contribution in [-0.4, -0.2) is 11.1 Å². The normalized spacial score (nSPS) is 14.8. The molecule has 4 heteroatoms. The third kappa shape index (κ3) is 2.72. The molecule has 0 aromatic heterocycles. The molecule has 0 aliphatic rings. The van der Waals surface area contributed by atoms with Gasteiger partial charge in [-0.25, -0.2) is 0 Å². The van der Waals surface area contributed by atoms with Gasteiger partial charge >= 0.3 is 5.97 Å². The second-order valence-corrected chi connectivity index (χ2v) is 3.93. The van der Waals surface area contributed by atoms with E-state index in [2.05, 4.69) is 0 Å². The van der Waals surface area contributed by atoms with Crippen LogP contribution < -0.4 is 5.73 Å². The number of aliphatic carboxylic acids is 1. The third-order valence-electron chi connectivity index (χ3n) is 2.02. The summed E-state index contributed by atoms with van der Waals surface area (Å²) in [7, 11) is 0. The molecule has 0 unspecified atom stereocenters. The van der Waals surface area contributed by atoms with Gasteiger partial charge in [0, 0.05) is 10.6 Å². The molecule has 3 N–H and O–H groups in total. The van der Waals surface area contributed by atoms with Gasteiger partial charge in [-0.3, -0.25) is 4.79 Å². The van der Waals surface area contributed by atoms with Gasteiger partial charge in [-0.05, 0) is 24.6 Å². The lowest BCUT2D eigenvalue weighted by molar-refractivity contribution is -0.138. The summed E-state index contributed by atoms with van der Waals surface area (Å²) in [5.74, 6) is -0.912. The topological polar surface area (TPSA) is 63.3 Å². The van der Waals surface area contributed by atoms with Crippen molar-refractivity contribution in [3.8, 4) is 0 Å². The van der Waals surface area contributed by atoms with Gasteiger partial charge in [0.1, 0.15) is 0 Å². The molecule has 0 fully saturated rings. The monoisotopic (exact) mass is 213 g/mol.